The molecule has 7 nitrogen and oxygen atoms in total. The summed E-state index contributed by atoms with van der Waals surface area (Å²) in [5.74, 6) is 0.954. The quantitative estimate of drug-likeness (QED) is 0.691. The van der Waals surface area contributed by atoms with E-state index in [0.29, 0.717) is 18.0 Å². The molecule has 0 aliphatic heterocycles. The molecule has 2 atom stereocenters. The molecular formula is C20H26N2O5S. The van der Waals surface area contributed by atoms with Gasteiger partial charge in [0.1, 0.15) is 18.1 Å². The minimum Gasteiger partial charge on any atom is -0.491 e. The maximum absolute atomic E-state index is 12.3. The van der Waals surface area contributed by atoms with Gasteiger partial charge in [0.05, 0.1) is 18.0 Å². The number of para-hydroxylation sites is 1. The molecule has 0 aliphatic rings. The lowest BCUT2D eigenvalue weighted by Gasteiger charge is -2.20. The Balaban J connectivity index is 1.84. The Morgan fingerprint density at radius 3 is 2.21 bits per heavy atom. The number of ether oxygens (including phenoxy) is 2. The van der Waals surface area contributed by atoms with Gasteiger partial charge in [-0.1, -0.05) is 18.2 Å². The largest absolute Gasteiger partial charge is 0.491 e. The summed E-state index contributed by atoms with van der Waals surface area (Å²) in [5.41, 5.74) is 0.513. The van der Waals surface area contributed by atoms with E-state index in [1.807, 2.05) is 37.3 Å². The zero-order valence-corrected chi connectivity index (χ0v) is 17.3. The molecule has 152 valence electrons. The van der Waals surface area contributed by atoms with E-state index < -0.39 is 16.1 Å². The Bertz CT molecular complexity index is 869. The van der Waals surface area contributed by atoms with Gasteiger partial charge in [0.15, 0.2) is 6.10 Å². The summed E-state index contributed by atoms with van der Waals surface area (Å²) in [6, 6.07) is 15.7. The van der Waals surface area contributed by atoms with Crippen LogP contribution in [0.2, 0.25) is 0 Å². The molecule has 2 aromatic rings. The van der Waals surface area contributed by atoms with Gasteiger partial charge >= 0.3 is 0 Å². The van der Waals surface area contributed by atoms with Crippen LogP contribution in [0.4, 0.5) is 5.69 Å². The number of nitrogens with zero attached hydrogens (tertiary/aromatic N) is 1. The highest BCUT2D eigenvalue weighted by atomic mass is 32.2. The highest BCUT2D eigenvalue weighted by Gasteiger charge is 2.18. The molecule has 0 heterocycles. The third kappa shape index (κ3) is 6.45. The second-order valence-corrected chi connectivity index (χ2v) is 8.53. The summed E-state index contributed by atoms with van der Waals surface area (Å²) < 4.78 is 35.6. The molecule has 1 N–H and O–H groups in total. The van der Waals surface area contributed by atoms with Crippen molar-refractivity contribution in [3.05, 3.63) is 54.6 Å². The van der Waals surface area contributed by atoms with E-state index in [1.165, 1.54) is 11.4 Å². The van der Waals surface area contributed by atoms with Crippen molar-refractivity contribution in [2.45, 2.75) is 26.0 Å². The molecule has 2 rings (SSSR count). The summed E-state index contributed by atoms with van der Waals surface area (Å²) in [6.45, 7) is 3.84. The van der Waals surface area contributed by atoms with Crippen LogP contribution in [0.5, 0.6) is 11.5 Å². The van der Waals surface area contributed by atoms with Crippen molar-refractivity contribution in [2.24, 2.45) is 0 Å². The van der Waals surface area contributed by atoms with Crippen LogP contribution in [-0.4, -0.2) is 46.4 Å². The molecule has 0 radical (unpaired) electrons. The first kappa shape index (κ1) is 21.6. The Morgan fingerprint density at radius 2 is 1.64 bits per heavy atom. The Hall–Kier alpha value is -2.74. The number of carbonyl (C=O) groups excluding carboxylic acids is 1. The average Bonchev–Trinajstić information content (AvgIpc) is 2.66. The van der Waals surface area contributed by atoms with Crippen LogP contribution >= 0.6 is 0 Å². The lowest BCUT2D eigenvalue weighted by molar-refractivity contribution is -0.128. The topological polar surface area (TPSA) is 84.9 Å². The second kappa shape index (κ2) is 9.45. The average molecular weight is 407 g/mol. The number of benzene rings is 2. The summed E-state index contributed by atoms with van der Waals surface area (Å²) >= 11 is 0. The van der Waals surface area contributed by atoms with Gasteiger partial charge in [0.25, 0.3) is 5.91 Å². The monoisotopic (exact) mass is 406 g/mol. The number of rotatable bonds is 9. The van der Waals surface area contributed by atoms with Gasteiger partial charge in [0.2, 0.25) is 10.0 Å². The van der Waals surface area contributed by atoms with Gasteiger partial charge < -0.3 is 14.8 Å². The van der Waals surface area contributed by atoms with Crippen LogP contribution in [0.1, 0.15) is 13.8 Å². The van der Waals surface area contributed by atoms with E-state index in [0.717, 1.165) is 12.0 Å². The van der Waals surface area contributed by atoms with Crippen molar-refractivity contribution in [3.63, 3.8) is 0 Å². The van der Waals surface area contributed by atoms with Crippen LogP contribution in [0.3, 0.4) is 0 Å². The summed E-state index contributed by atoms with van der Waals surface area (Å²) in [7, 11) is -1.86. The molecular weight excluding hydrogens is 380 g/mol. The van der Waals surface area contributed by atoms with E-state index in [-0.39, 0.29) is 11.9 Å². The lowest BCUT2D eigenvalue weighted by atomic mass is 10.3. The fourth-order valence-electron chi connectivity index (χ4n) is 2.32. The molecule has 0 aromatic heterocycles. The maximum Gasteiger partial charge on any atom is 0.261 e. The van der Waals surface area contributed by atoms with E-state index in [1.54, 1.807) is 31.2 Å². The minimum atomic E-state index is -3.33. The fraction of sp³-hybridized carbons (Fsp3) is 0.350. The van der Waals surface area contributed by atoms with E-state index in [4.69, 9.17) is 9.47 Å². The SMILES string of the molecule is C[C@@H](COc1ccccc1)NC(=O)[C@@H](C)Oc1ccc(N(C)S(C)(=O)=O)cc1. The highest BCUT2D eigenvalue weighted by molar-refractivity contribution is 7.92. The zero-order valence-electron chi connectivity index (χ0n) is 16.5. The number of hydrogen-bond donors (Lipinski definition) is 1. The molecule has 1 amide bonds. The predicted molar refractivity (Wildman–Crippen MR) is 109 cm³/mol. The summed E-state index contributed by atoms with van der Waals surface area (Å²) in [4.78, 5) is 12.3. The number of carbonyl (C=O) groups is 1. The van der Waals surface area contributed by atoms with Crippen molar-refractivity contribution in [1.82, 2.24) is 5.32 Å². The molecule has 28 heavy (non-hydrogen) atoms. The maximum atomic E-state index is 12.3. The summed E-state index contributed by atoms with van der Waals surface area (Å²) in [5, 5.41) is 2.84. The molecule has 2 aromatic carbocycles. The van der Waals surface area contributed by atoms with Crippen molar-refractivity contribution in [2.75, 3.05) is 24.2 Å². The zero-order chi connectivity index (χ0) is 20.7. The summed E-state index contributed by atoms with van der Waals surface area (Å²) in [6.07, 6.45) is 0.421. The number of sulfonamides is 1. The van der Waals surface area contributed by atoms with Crippen LogP contribution < -0.4 is 19.1 Å². The van der Waals surface area contributed by atoms with Gasteiger partial charge in [-0.2, -0.15) is 0 Å². The third-order valence-corrected chi connectivity index (χ3v) is 5.22. The van der Waals surface area contributed by atoms with Crippen LogP contribution in [0, 0.1) is 0 Å². The van der Waals surface area contributed by atoms with Gasteiger partial charge in [-0.25, -0.2) is 8.42 Å². The molecule has 0 saturated carbocycles. The molecule has 0 saturated heterocycles. The number of amides is 1. The van der Waals surface area contributed by atoms with Gasteiger partial charge in [-0.05, 0) is 50.2 Å². The minimum absolute atomic E-state index is 0.190. The predicted octanol–water partition coefficient (Wildman–Crippen LogP) is 2.43. The van der Waals surface area contributed by atoms with Gasteiger partial charge in [-0.15, -0.1) is 0 Å². The van der Waals surface area contributed by atoms with Gasteiger partial charge in [0, 0.05) is 7.05 Å². The van der Waals surface area contributed by atoms with E-state index >= 15 is 0 Å². The van der Waals surface area contributed by atoms with Crippen molar-refractivity contribution >= 4 is 21.6 Å². The first-order chi connectivity index (χ1) is 13.2. The third-order valence-electron chi connectivity index (χ3n) is 4.01. The van der Waals surface area contributed by atoms with Crippen LogP contribution in [0.15, 0.2) is 54.6 Å². The smallest absolute Gasteiger partial charge is 0.261 e. The van der Waals surface area contributed by atoms with Crippen LogP contribution in [-0.2, 0) is 14.8 Å². The molecule has 0 spiro atoms. The van der Waals surface area contributed by atoms with E-state index in [2.05, 4.69) is 5.32 Å². The first-order valence-corrected chi connectivity index (χ1v) is 10.7. The highest BCUT2D eigenvalue weighted by Crippen LogP contribution is 2.21. The normalized spacial score (nSPS) is 13.3. The Kier molecular flexibility index (Phi) is 7.28. The van der Waals surface area contributed by atoms with Crippen molar-refractivity contribution < 1.29 is 22.7 Å². The lowest BCUT2D eigenvalue weighted by Crippen LogP contribution is -2.43. The van der Waals surface area contributed by atoms with E-state index in [9.17, 15) is 13.2 Å². The number of anilines is 1. The molecule has 0 aliphatic carbocycles. The fourth-order valence-corrected chi connectivity index (χ4v) is 2.83. The molecule has 0 bridgehead atoms. The first-order valence-electron chi connectivity index (χ1n) is 8.85. The molecule has 8 heteroatoms. The standard InChI is InChI=1S/C20H26N2O5S/c1-15(14-26-18-8-6-5-7-9-18)21-20(23)16(2)27-19-12-10-17(11-13-19)22(3)28(4,24)25/h5-13,15-16H,14H2,1-4H3,(H,21,23)/t15-,16+/m0/s1. The second-order valence-electron chi connectivity index (χ2n) is 6.52. The molecule has 0 unspecified atom stereocenters. The Labute approximate surface area is 166 Å². The number of nitrogens with one attached hydrogen (secondary N) is 1. The van der Waals surface area contributed by atoms with Crippen LogP contribution in [0.25, 0.3) is 0 Å². The van der Waals surface area contributed by atoms with Crippen molar-refractivity contribution in [1.29, 1.82) is 0 Å². The Morgan fingerprint density at radius 1 is 1.04 bits per heavy atom. The molecule has 0 fully saturated rings. The number of hydrogen-bond acceptors (Lipinski definition) is 5. The van der Waals surface area contributed by atoms with Crippen molar-refractivity contribution in [3.8, 4) is 11.5 Å². The van der Waals surface area contributed by atoms with Gasteiger partial charge in [-0.3, -0.25) is 9.10 Å².